The van der Waals surface area contributed by atoms with Crippen LogP contribution in [0.3, 0.4) is 0 Å². The Morgan fingerprint density at radius 1 is 1.21 bits per heavy atom. The van der Waals surface area contributed by atoms with E-state index in [-0.39, 0.29) is 6.54 Å². The maximum Gasteiger partial charge on any atom is 0.294 e. The Balaban J connectivity index is 2.41. The van der Waals surface area contributed by atoms with Gasteiger partial charge in [-0.15, -0.1) is 4.31 Å². The largest absolute Gasteiger partial charge is 0.593 e. The summed E-state index contributed by atoms with van der Waals surface area (Å²) in [6, 6.07) is 5.36. The van der Waals surface area contributed by atoms with Crippen molar-refractivity contribution in [2.24, 2.45) is 10.2 Å². The number of nitroso groups, excluding NO2 is 1. The second kappa shape index (κ2) is 17.1. The van der Waals surface area contributed by atoms with Crippen molar-refractivity contribution in [2.45, 2.75) is 51.9 Å². The molecule has 0 aliphatic carbocycles. The predicted octanol–water partition coefficient (Wildman–Crippen LogP) is 3.91. The average Bonchev–Trinajstić information content (AvgIpc) is 3.00. The SMILES string of the molecule is C=C1C(=O)/N=C(/c2cc([S+]([O-])N(C)CCN(CC)CCN=O)ccc2OCCC)NC/C(CCC)=C\N1CC. The van der Waals surface area contributed by atoms with Gasteiger partial charge < -0.3 is 24.4 Å². The number of amidine groups is 1. The van der Waals surface area contributed by atoms with Crippen LogP contribution in [0.5, 0.6) is 5.75 Å². The number of amides is 1. The van der Waals surface area contributed by atoms with Gasteiger partial charge in [-0.05, 0) is 44.0 Å². The maximum atomic E-state index is 13.5. The zero-order chi connectivity index (χ0) is 28.8. The molecule has 0 saturated heterocycles. The van der Waals surface area contributed by atoms with Gasteiger partial charge in [0.1, 0.15) is 17.3 Å². The lowest BCUT2D eigenvalue weighted by molar-refractivity contribution is -0.115. The molecular formula is C28H44N6O4S. The number of hydrogen-bond acceptors (Lipinski definition) is 9. The van der Waals surface area contributed by atoms with E-state index in [4.69, 9.17) is 4.74 Å². The highest BCUT2D eigenvalue weighted by molar-refractivity contribution is 7.89. The van der Waals surface area contributed by atoms with Crippen LogP contribution in [0.1, 0.15) is 52.5 Å². The fourth-order valence-corrected chi connectivity index (χ4v) is 5.09. The van der Waals surface area contributed by atoms with E-state index in [1.807, 2.05) is 31.9 Å². The normalized spacial score (nSPS) is 18.0. The molecule has 2 rings (SSSR count). The lowest BCUT2D eigenvalue weighted by Gasteiger charge is -2.25. The van der Waals surface area contributed by atoms with Gasteiger partial charge in [-0.3, -0.25) is 4.79 Å². The van der Waals surface area contributed by atoms with E-state index in [0.717, 1.165) is 31.4 Å². The van der Waals surface area contributed by atoms with E-state index in [0.29, 0.717) is 67.1 Å². The van der Waals surface area contributed by atoms with E-state index in [1.165, 1.54) is 0 Å². The van der Waals surface area contributed by atoms with Gasteiger partial charge in [0.05, 0.1) is 36.6 Å². The van der Waals surface area contributed by atoms with Crippen LogP contribution < -0.4 is 10.1 Å². The third kappa shape index (κ3) is 9.75. The molecule has 1 aromatic carbocycles. The minimum absolute atomic E-state index is 0.231. The number of likely N-dealkylation sites (N-methyl/N-ethyl adjacent to an activating group) is 3. The van der Waals surface area contributed by atoms with Crippen LogP contribution in [0.15, 0.2) is 57.3 Å². The number of rotatable bonds is 16. The Morgan fingerprint density at radius 2 is 1.97 bits per heavy atom. The van der Waals surface area contributed by atoms with E-state index in [2.05, 4.69) is 33.9 Å². The molecule has 0 aromatic heterocycles. The van der Waals surface area contributed by atoms with Crippen LogP contribution in [-0.4, -0.2) is 89.9 Å². The van der Waals surface area contributed by atoms with Gasteiger partial charge in [-0.25, -0.2) is 0 Å². The molecule has 216 valence electrons. The Morgan fingerprint density at radius 3 is 2.62 bits per heavy atom. The summed E-state index contributed by atoms with van der Waals surface area (Å²) < 4.78 is 21.3. The predicted molar refractivity (Wildman–Crippen MR) is 158 cm³/mol. The smallest absolute Gasteiger partial charge is 0.294 e. The van der Waals surface area contributed by atoms with Crippen molar-refractivity contribution in [3.05, 3.63) is 52.7 Å². The van der Waals surface area contributed by atoms with Crippen molar-refractivity contribution in [1.82, 2.24) is 19.4 Å². The summed E-state index contributed by atoms with van der Waals surface area (Å²) in [5, 5.41) is 6.29. The van der Waals surface area contributed by atoms with Crippen molar-refractivity contribution < 1.29 is 14.1 Å². The van der Waals surface area contributed by atoms with E-state index in [1.54, 1.807) is 29.6 Å². The first-order valence-corrected chi connectivity index (χ1v) is 14.8. The summed E-state index contributed by atoms with van der Waals surface area (Å²) in [7, 11) is 1.80. The molecule has 1 N–H and O–H groups in total. The van der Waals surface area contributed by atoms with Crippen molar-refractivity contribution in [3.8, 4) is 5.75 Å². The van der Waals surface area contributed by atoms with Gasteiger partial charge in [-0.1, -0.05) is 38.9 Å². The van der Waals surface area contributed by atoms with Gasteiger partial charge in [0.25, 0.3) is 5.91 Å². The highest BCUT2D eigenvalue weighted by Crippen LogP contribution is 2.26. The number of nitrogens with zero attached hydrogens (tertiary/aromatic N) is 5. The van der Waals surface area contributed by atoms with Crippen molar-refractivity contribution in [1.29, 1.82) is 0 Å². The van der Waals surface area contributed by atoms with Gasteiger partial charge in [0, 0.05) is 45.5 Å². The van der Waals surface area contributed by atoms with Crippen molar-refractivity contribution in [2.75, 3.05) is 59.5 Å². The molecule has 0 fully saturated rings. The quantitative estimate of drug-likeness (QED) is 0.184. The van der Waals surface area contributed by atoms with Crippen LogP contribution in [0.25, 0.3) is 0 Å². The molecule has 1 amide bonds. The summed E-state index contributed by atoms with van der Waals surface area (Å²) >= 11 is -1.46. The summed E-state index contributed by atoms with van der Waals surface area (Å²) in [5.74, 6) is 0.492. The first-order chi connectivity index (χ1) is 18.8. The van der Waals surface area contributed by atoms with Crippen LogP contribution in [0.4, 0.5) is 0 Å². The molecule has 10 nitrogen and oxygen atoms in total. The Labute approximate surface area is 236 Å². The number of carbonyl (C=O) groups is 1. The average molecular weight is 561 g/mol. The third-order valence-corrected chi connectivity index (χ3v) is 7.78. The first kappa shape index (κ1) is 32.5. The highest BCUT2D eigenvalue weighted by Gasteiger charge is 2.24. The standard InChI is InChI=1S/C28H44N6O4S/c1-7-11-23-20-29-27(31-28(35)22(5)34(10-4)21-23)25-19-24(12-13-26(25)38-18-8-2)39(37)32(6)16-17-33(9-3)15-14-30-36/h12-13,19,21H,5,7-11,14-18,20H2,1-4,6H3,(H,29,31,35)/b23-21-. The summed E-state index contributed by atoms with van der Waals surface area (Å²) in [4.78, 5) is 32.5. The van der Waals surface area contributed by atoms with Crippen LogP contribution in [-0.2, 0) is 16.2 Å². The Hall–Kier alpha value is -2.73. The van der Waals surface area contributed by atoms with Gasteiger partial charge in [0.2, 0.25) is 0 Å². The zero-order valence-electron chi connectivity index (χ0n) is 24.1. The Kier molecular flexibility index (Phi) is 14.2. The zero-order valence-corrected chi connectivity index (χ0v) is 24.9. The monoisotopic (exact) mass is 560 g/mol. The lowest BCUT2D eigenvalue weighted by atomic mass is 10.1. The molecular weight excluding hydrogens is 516 g/mol. The molecule has 1 aromatic rings. The fraction of sp³-hybridized carbons (Fsp3) is 0.571. The van der Waals surface area contributed by atoms with Gasteiger partial charge >= 0.3 is 0 Å². The molecule has 0 saturated carbocycles. The molecule has 0 radical (unpaired) electrons. The van der Waals surface area contributed by atoms with E-state index in [9.17, 15) is 14.3 Å². The van der Waals surface area contributed by atoms with Crippen molar-refractivity contribution >= 4 is 23.1 Å². The molecule has 39 heavy (non-hydrogen) atoms. The first-order valence-electron chi connectivity index (χ1n) is 13.7. The van der Waals surface area contributed by atoms with E-state index < -0.39 is 17.3 Å². The minimum atomic E-state index is -1.46. The molecule has 1 aliphatic rings. The van der Waals surface area contributed by atoms with Crippen molar-refractivity contribution in [3.63, 3.8) is 0 Å². The summed E-state index contributed by atoms with van der Waals surface area (Å²) in [5.41, 5.74) is 2.01. The highest BCUT2D eigenvalue weighted by atomic mass is 32.2. The number of benzene rings is 1. The van der Waals surface area contributed by atoms with Crippen LogP contribution >= 0.6 is 0 Å². The fourth-order valence-electron chi connectivity index (χ4n) is 4.08. The molecule has 0 bridgehead atoms. The topological polar surface area (TPSA) is 113 Å². The minimum Gasteiger partial charge on any atom is -0.593 e. The Bertz CT molecular complexity index is 1030. The van der Waals surface area contributed by atoms with Crippen LogP contribution in [0, 0.1) is 4.91 Å². The van der Waals surface area contributed by atoms with Crippen LogP contribution in [0.2, 0.25) is 0 Å². The molecule has 1 heterocycles. The number of aliphatic imine (C=N–C) groups is 1. The second-order valence-electron chi connectivity index (χ2n) is 9.28. The number of hydrogen-bond donors (Lipinski definition) is 1. The van der Waals surface area contributed by atoms with Gasteiger partial charge in [0.15, 0.2) is 4.90 Å². The maximum absolute atomic E-state index is 13.5. The molecule has 1 unspecified atom stereocenters. The number of ether oxygens (including phenoxy) is 1. The molecule has 11 heteroatoms. The molecule has 0 spiro atoms. The summed E-state index contributed by atoms with van der Waals surface area (Å²) in [6.07, 6.45) is 4.62. The number of nitrogens with one attached hydrogen (secondary N) is 1. The third-order valence-electron chi connectivity index (χ3n) is 6.38. The second-order valence-corrected chi connectivity index (χ2v) is 10.9. The number of carbonyl (C=O) groups excluding carboxylic acids is 1. The molecule has 1 aliphatic heterocycles. The van der Waals surface area contributed by atoms with E-state index >= 15 is 0 Å². The lowest BCUT2D eigenvalue weighted by Crippen LogP contribution is -2.37. The summed E-state index contributed by atoms with van der Waals surface area (Å²) in [6.45, 7) is 16.5. The van der Waals surface area contributed by atoms with Gasteiger partial charge in [-0.2, -0.15) is 9.90 Å². The molecule has 1 atom stereocenters.